The summed E-state index contributed by atoms with van der Waals surface area (Å²) in [5.74, 6) is -1.23. The number of carbonyl (C=O) groups excluding carboxylic acids is 2. The molecule has 1 saturated heterocycles. The number of nitrogens with one attached hydrogen (secondary N) is 2. The van der Waals surface area contributed by atoms with Crippen LogP contribution in [0.25, 0.3) is 0 Å². The van der Waals surface area contributed by atoms with Gasteiger partial charge >= 0.3 is 0 Å². The van der Waals surface area contributed by atoms with E-state index in [2.05, 4.69) is 10.6 Å². The molecule has 4 N–H and O–H groups in total. The SMILES string of the molecule is CC1(C)OCC(CNC(=O)CNC(=O)CN)O1. The van der Waals surface area contributed by atoms with E-state index >= 15 is 0 Å². The molecule has 1 aliphatic rings. The Labute approximate surface area is 100 Å². The summed E-state index contributed by atoms with van der Waals surface area (Å²) in [5, 5.41) is 5.02. The van der Waals surface area contributed by atoms with Crippen molar-refractivity contribution in [3.63, 3.8) is 0 Å². The van der Waals surface area contributed by atoms with Crippen molar-refractivity contribution in [3.05, 3.63) is 0 Å². The Morgan fingerprint density at radius 2 is 2.06 bits per heavy atom. The fourth-order valence-corrected chi connectivity index (χ4v) is 1.40. The first-order valence-corrected chi connectivity index (χ1v) is 5.48. The lowest BCUT2D eigenvalue weighted by Gasteiger charge is -2.17. The van der Waals surface area contributed by atoms with Crippen molar-refractivity contribution in [2.24, 2.45) is 5.73 Å². The van der Waals surface area contributed by atoms with Crippen LogP contribution in [0.4, 0.5) is 0 Å². The molecule has 0 radical (unpaired) electrons. The Morgan fingerprint density at radius 3 is 2.59 bits per heavy atom. The molecule has 1 atom stereocenters. The predicted octanol–water partition coefficient (Wildman–Crippen LogP) is -1.67. The quantitative estimate of drug-likeness (QED) is 0.537. The molecular weight excluding hydrogens is 226 g/mol. The van der Waals surface area contributed by atoms with Crippen LogP contribution in [0.5, 0.6) is 0 Å². The minimum atomic E-state index is -0.594. The number of hydrogen-bond acceptors (Lipinski definition) is 5. The summed E-state index contributed by atoms with van der Waals surface area (Å²) in [6.45, 7) is 4.24. The highest BCUT2D eigenvalue weighted by Crippen LogP contribution is 2.21. The van der Waals surface area contributed by atoms with Gasteiger partial charge in [0.05, 0.1) is 19.7 Å². The van der Waals surface area contributed by atoms with Crippen LogP contribution in [0.2, 0.25) is 0 Å². The van der Waals surface area contributed by atoms with Crippen LogP contribution in [-0.4, -0.2) is 49.9 Å². The van der Waals surface area contributed by atoms with Crippen molar-refractivity contribution in [2.75, 3.05) is 26.2 Å². The van der Waals surface area contributed by atoms with Gasteiger partial charge in [-0.2, -0.15) is 0 Å². The first-order valence-electron chi connectivity index (χ1n) is 5.48. The number of ether oxygens (including phenoxy) is 2. The second-order valence-corrected chi connectivity index (χ2v) is 4.24. The van der Waals surface area contributed by atoms with Gasteiger partial charge in [-0.05, 0) is 13.8 Å². The van der Waals surface area contributed by atoms with Gasteiger partial charge in [0.15, 0.2) is 5.79 Å². The Kier molecular flexibility index (Phi) is 4.86. The van der Waals surface area contributed by atoms with E-state index in [1.807, 2.05) is 13.8 Å². The fourth-order valence-electron chi connectivity index (χ4n) is 1.40. The summed E-state index contributed by atoms with van der Waals surface area (Å²) in [5.41, 5.74) is 5.08. The number of rotatable bonds is 5. The molecule has 1 rings (SSSR count). The van der Waals surface area contributed by atoms with E-state index in [0.717, 1.165) is 0 Å². The molecule has 7 heteroatoms. The molecule has 1 heterocycles. The van der Waals surface area contributed by atoms with Gasteiger partial charge in [-0.1, -0.05) is 0 Å². The van der Waals surface area contributed by atoms with Crippen molar-refractivity contribution < 1.29 is 19.1 Å². The molecule has 0 aromatic heterocycles. The number of amides is 2. The zero-order valence-electron chi connectivity index (χ0n) is 10.1. The van der Waals surface area contributed by atoms with Gasteiger partial charge in [-0.3, -0.25) is 9.59 Å². The average Bonchev–Trinajstić information content (AvgIpc) is 2.63. The van der Waals surface area contributed by atoms with Gasteiger partial charge in [0.25, 0.3) is 0 Å². The van der Waals surface area contributed by atoms with E-state index in [1.54, 1.807) is 0 Å². The highest BCUT2D eigenvalue weighted by Gasteiger charge is 2.32. The Hall–Kier alpha value is -1.18. The number of carbonyl (C=O) groups is 2. The third kappa shape index (κ3) is 5.12. The van der Waals surface area contributed by atoms with Crippen molar-refractivity contribution in [1.82, 2.24) is 10.6 Å². The maximum atomic E-state index is 11.3. The van der Waals surface area contributed by atoms with Gasteiger partial charge in [0.1, 0.15) is 6.10 Å². The summed E-state index contributed by atoms with van der Waals surface area (Å²) >= 11 is 0. The van der Waals surface area contributed by atoms with Crippen molar-refractivity contribution in [2.45, 2.75) is 25.7 Å². The maximum absolute atomic E-state index is 11.3. The Morgan fingerprint density at radius 1 is 1.35 bits per heavy atom. The molecule has 0 aliphatic carbocycles. The molecule has 0 bridgehead atoms. The smallest absolute Gasteiger partial charge is 0.239 e. The number of nitrogens with two attached hydrogens (primary N) is 1. The zero-order chi connectivity index (χ0) is 12.9. The minimum Gasteiger partial charge on any atom is -0.352 e. The largest absolute Gasteiger partial charge is 0.352 e. The van der Waals surface area contributed by atoms with Crippen LogP contribution >= 0.6 is 0 Å². The molecular formula is C10H19N3O4. The molecule has 0 aromatic carbocycles. The third-order valence-corrected chi connectivity index (χ3v) is 2.23. The van der Waals surface area contributed by atoms with E-state index in [0.29, 0.717) is 13.2 Å². The van der Waals surface area contributed by atoms with Gasteiger partial charge in [-0.25, -0.2) is 0 Å². The summed E-state index contributed by atoms with van der Waals surface area (Å²) in [7, 11) is 0. The standard InChI is InChI=1S/C10H19N3O4/c1-10(2)16-6-7(17-10)4-12-9(15)5-13-8(14)3-11/h7H,3-6,11H2,1-2H3,(H,12,15)(H,13,14). The molecule has 7 nitrogen and oxygen atoms in total. The van der Waals surface area contributed by atoms with Crippen LogP contribution in [0, 0.1) is 0 Å². The monoisotopic (exact) mass is 245 g/mol. The molecule has 1 unspecified atom stereocenters. The van der Waals surface area contributed by atoms with Gasteiger partial charge in [0.2, 0.25) is 11.8 Å². The highest BCUT2D eigenvalue weighted by atomic mass is 16.7. The van der Waals surface area contributed by atoms with Crippen LogP contribution in [-0.2, 0) is 19.1 Å². The van der Waals surface area contributed by atoms with Gasteiger partial charge < -0.3 is 25.8 Å². The predicted molar refractivity (Wildman–Crippen MR) is 60.0 cm³/mol. The summed E-state index contributed by atoms with van der Waals surface area (Å²) < 4.78 is 10.8. The molecule has 2 amide bonds. The maximum Gasteiger partial charge on any atom is 0.239 e. The molecule has 0 spiro atoms. The van der Waals surface area contributed by atoms with Gasteiger partial charge in [0, 0.05) is 6.54 Å². The van der Waals surface area contributed by atoms with Crippen LogP contribution in [0.15, 0.2) is 0 Å². The van der Waals surface area contributed by atoms with E-state index in [9.17, 15) is 9.59 Å². The topological polar surface area (TPSA) is 103 Å². The Balaban J connectivity index is 2.14. The third-order valence-electron chi connectivity index (χ3n) is 2.23. The first-order chi connectivity index (χ1) is 7.93. The van der Waals surface area contributed by atoms with E-state index < -0.39 is 5.79 Å². The van der Waals surface area contributed by atoms with E-state index in [4.69, 9.17) is 15.2 Å². The highest BCUT2D eigenvalue weighted by molar-refractivity contribution is 5.85. The van der Waals surface area contributed by atoms with Crippen molar-refractivity contribution >= 4 is 11.8 Å². The summed E-state index contributed by atoms with van der Waals surface area (Å²) in [6.07, 6.45) is -0.154. The average molecular weight is 245 g/mol. The van der Waals surface area contributed by atoms with Crippen molar-refractivity contribution in [1.29, 1.82) is 0 Å². The minimum absolute atomic E-state index is 0.0764. The van der Waals surface area contributed by atoms with E-state index in [-0.39, 0.29) is 31.0 Å². The first kappa shape index (κ1) is 13.9. The molecule has 0 saturated carbocycles. The molecule has 1 aliphatic heterocycles. The zero-order valence-corrected chi connectivity index (χ0v) is 10.1. The Bertz CT molecular complexity index is 293. The molecule has 17 heavy (non-hydrogen) atoms. The van der Waals surface area contributed by atoms with E-state index in [1.165, 1.54) is 0 Å². The lowest BCUT2D eigenvalue weighted by Crippen LogP contribution is -2.42. The van der Waals surface area contributed by atoms with Crippen LogP contribution < -0.4 is 16.4 Å². The van der Waals surface area contributed by atoms with Crippen LogP contribution in [0.3, 0.4) is 0 Å². The fraction of sp³-hybridized carbons (Fsp3) is 0.800. The second kappa shape index (κ2) is 5.95. The molecule has 0 aromatic rings. The van der Waals surface area contributed by atoms with Crippen molar-refractivity contribution in [3.8, 4) is 0 Å². The lowest BCUT2D eigenvalue weighted by atomic mass is 10.3. The molecule has 1 fully saturated rings. The summed E-state index contributed by atoms with van der Waals surface area (Å²) in [4.78, 5) is 22.1. The van der Waals surface area contributed by atoms with Crippen LogP contribution in [0.1, 0.15) is 13.8 Å². The lowest BCUT2D eigenvalue weighted by molar-refractivity contribution is -0.139. The second-order valence-electron chi connectivity index (χ2n) is 4.24. The van der Waals surface area contributed by atoms with Gasteiger partial charge in [-0.15, -0.1) is 0 Å². The number of hydrogen-bond donors (Lipinski definition) is 3. The molecule has 98 valence electrons. The summed E-state index contributed by atoms with van der Waals surface area (Å²) in [6, 6.07) is 0. The normalized spacial score (nSPS) is 22.2.